The van der Waals surface area contributed by atoms with Gasteiger partial charge in [0.15, 0.2) is 0 Å². The van der Waals surface area contributed by atoms with Gasteiger partial charge in [0.2, 0.25) is 5.91 Å². The Labute approximate surface area is 161 Å². The first-order chi connectivity index (χ1) is 12.8. The highest BCUT2D eigenvalue weighted by Crippen LogP contribution is 2.22. The van der Waals surface area contributed by atoms with E-state index in [-0.39, 0.29) is 17.2 Å². The third-order valence-electron chi connectivity index (χ3n) is 5.12. The van der Waals surface area contributed by atoms with Crippen LogP contribution in [0, 0.1) is 0 Å². The molecule has 2 amide bonds. The van der Waals surface area contributed by atoms with Crippen LogP contribution in [0.4, 0.5) is 0 Å². The molecular weight excluding hydrogens is 336 g/mol. The Morgan fingerprint density at radius 1 is 1.00 bits per heavy atom. The molecule has 0 spiro atoms. The minimum Gasteiger partial charge on any atom is -0.352 e. The van der Waals surface area contributed by atoms with Crippen molar-refractivity contribution in [2.24, 2.45) is 0 Å². The average molecular weight is 364 g/mol. The molecule has 4 nitrogen and oxygen atoms in total. The zero-order valence-electron chi connectivity index (χ0n) is 16.4. The van der Waals surface area contributed by atoms with E-state index in [0.717, 1.165) is 13.0 Å². The Balaban J connectivity index is 1.48. The third-order valence-corrected chi connectivity index (χ3v) is 5.12. The molecule has 142 valence electrons. The highest BCUT2D eigenvalue weighted by Gasteiger charge is 2.20. The number of amides is 2. The van der Waals surface area contributed by atoms with Crippen LogP contribution in [0.1, 0.15) is 54.2 Å². The van der Waals surface area contributed by atoms with Crippen molar-refractivity contribution in [2.45, 2.75) is 45.6 Å². The molecule has 0 atom stereocenters. The number of hydrogen-bond donors (Lipinski definition) is 1. The fourth-order valence-corrected chi connectivity index (χ4v) is 3.37. The van der Waals surface area contributed by atoms with Gasteiger partial charge in [0.05, 0.1) is 0 Å². The van der Waals surface area contributed by atoms with E-state index in [1.54, 1.807) is 0 Å². The van der Waals surface area contributed by atoms with Gasteiger partial charge in [0.1, 0.15) is 0 Å². The number of nitrogens with one attached hydrogen (secondary N) is 1. The molecule has 0 saturated heterocycles. The van der Waals surface area contributed by atoms with Crippen LogP contribution in [0.3, 0.4) is 0 Å². The summed E-state index contributed by atoms with van der Waals surface area (Å²) in [7, 11) is 0. The van der Waals surface area contributed by atoms with Crippen LogP contribution < -0.4 is 5.32 Å². The molecule has 0 fully saturated rings. The summed E-state index contributed by atoms with van der Waals surface area (Å²) < 4.78 is 0. The van der Waals surface area contributed by atoms with Gasteiger partial charge >= 0.3 is 0 Å². The maximum Gasteiger partial charge on any atom is 0.251 e. The Bertz CT molecular complexity index is 819. The van der Waals surface area contributed by atoms with Gasteiger partial charge < -0.3 is 10.2 Å². The van der Waals surface area contributed by atoms with E-state index in [1.165, 1.54) is 16.7 Å². The molecule has 0 radical (unpaired) electrons. The highest BCUT2D eigenvalue weighted by molar-refractivity contribution is 5.94. The minimum atomic E-state index is -0.132. The molecule has 3 rings (SSSR count). The number of carbonyl (C=O) groups excluding carboxylic acids is 2. The molecular formula is C23H28N2O2. The van der Waals surface area contributed by atoms with E-state index in [0.29, 0.717) is 25.1 Å². The standard InChI is InChI=1S/C23H28N2O2/c1-23(2,3)20-10-8-18(9-11-20)22(27)24-14-12-21(26)25-15-13-17-6-4-5-7-19(17)16-25/h4-11H,12-16H2,1-3H3,(H,24,27). The van der Waals surface area contributed by atoms with Crippen LogP contribution in [0.2, 0.25) is 0 Å². The predicted molar refractivity (Wildman–Crippen MR) is 108 cm³/mol. The molecule has 27 heavy (non-hydrogen) atoms. The maximum atomic E-state index is 12.5. The first kappa shape index (κ1) is 19.2. The lowest BCUT2D eigenvalue weighted by atomic mass is 9.87. The molecule has 0 unspecified atom stereocenters. The van der Waals surface area contributed by atoms with Crippen molar-refractivity contribution in [3.8, 4) is 0 Å². The third kappa shape index (κ3) is 4.76. The van der Waals surface area contributed by atoms with Crippen LogP contribution in [0.25, 0.3) is 0 Å². The number of rotatable bonds is 4. The zero-order valence-corrected chi connectivity index (χ0v) is 16.4. The molecule has 4 heteroatoms. The number of benzene rings is 2. The highest BCUT2D eigenvalue weighted by atomic mass is 16.2. The van der Waals surface area contributed by atoms with Gasteiger partial charge in [-0.2, -0.15) is 0 Å². The molecule has 2 aromatic rings. The molecule has 0 aromatic heterocycles. The van der Waals surface area contributed by atoms with Crippen LogP contribution in [-0.4, -0.2) is 29.8 Å². The van der Waals surface area contributed by atoms with Crippen molar-refractivity contribution >= 4 is 11.8 Å². The normalized spacial score (nSPS) is 13.8. The van der Waals surface area contributed by atoms with E-state index < -0.39 is 0 Å². The Morgan fingerprint density at radius 3 is 2.33 bits per heavy atom. The minimum absolute atomic E-state index is 0.0640. The lowest BCUT2D eigenvalue weighted by molar-refractivity contribution is -0.131. The van der Waals surface area contributed by atoms with Crippen molar-refractivity contribution in [3.63, 3.8) is 0 Å². The van der Waals surface area contributed by atoms with Gasteiger partial charge in [0.25, 0.3) is 5.91 Å². The molecule has 0 bridgehead atoms. The molecule has 0 aliphatic carbocycles. The van der Waals surface area contributed by atoms with Crippen molar-refractivity contribution < 1.29 is 9.59 Å². The van der Waals surface area contributed by atoms with E-state index in [4.69, 9.17) is 0 Å². The second kappa shape index (κ2) is 7.95. The first-order valence-corrected chi connectivity index (χ1v) is 9.58. The van der Waals surface area contributed by atoms with E-state index in [9.17, 15) is 9.59 Å². The number of hydrogen-bond acceptors (Lipinski definition) is 2. The van der Waals surface area contributed by atoms with Crippen LogP contribution in [-0.2, 0) is 23.2 Å². The second-order valence-corrected chi connectivity index (χ2v) is 8.17. The summed E-state index contributed by atoms with van der Waals surface area (Å²) in [5.74, 6) is -0.0415. The molecule has 1 aliphatic rings. The molecule has 2 aromatic carbocycles. The summed E-state index contributed by atoms with van der Waals surface area (Å²) in [6, 6.07) is 15.9. The Kier molecular flexibility index (Phi) is 5.64. The number of nitrogens with zero attached hydrogens (tertiary/aromatic N) is 1. The summed E-state index contributed by atoms with van der Waals surface area (Å²) in [6.07, 6.45) is 1.22. The fraction of sp³-hybridized carbons (Fsp3) is 0.391. The van der Waals surface area contributed by atoms with E-state index in [2.05, 4.69) is 38.2 Å². The summed E-state index contributed by atoms with van der Waals surface area (Å²) >= 11 is 0. The second-order valence-electron chi connectivity index (χ2n) is 8.17. The van der Waals surface area contributed by atoms with E-state index >= 15 is 0 Å². The smallest absolute Gasteiger partial charge is 0.251 e. The van der Waals surface area contributed by atoms with Crippen molar-refractivity contribution in [1.82, 2.24) is 10.2 Å². The van der Waals surface area contributed by atoms with Crippen molar-refractivity contribution in [1.29, 1.82) is 0 Å². The van der Waals surface area contributed by atoms with Crippen molar-refractivity contribution in [2.75, 3.05) is 13.1 Å². The molecule has 1 aliphatic heterocycles. The quantitative estimate of drug-likeness (QED) is 0.899. The fourth-order valence-electron chi connectivity index (χ4n) is 3.37. The number of carbonyl (C=O) groups is 2. The monoisotopic (exact) mass is 364 g/mol. The Hall–Kier alpha value is -2.62. The van der Waals surface area contributed by atoms with Crippen LogP contribution >= 0.6 is 0 Å². The lowest BCUT2D eigenvalue weighted by Crippen LogP contribution is -2.38. The van der Waals surface area contributed by atoms with Crippen LogP contribution in [0.15, 0.2) is 48.5 Å². The van der Waals surface area contributed by atoms with Gasteiger partial charge in [-0.15, -0.1) is 0 Å². The molecule has 1 N–H and O–H groups in total. The molecule has 1 heterocycles. The Morgan fingerprint density at radius 2 is 1.67 bits per heavy atom. The van der Waals surface area contributed by atoms with E-state index in [1.807, 2.05) is 41.3 Å². The maximum absolute atomic E-state index is 12.5. The zero-order chi connectivity index (χ0) is 19.4. The molecule has 0 saturated carbocycles. The average Bonchev–Trinajstić information content (AvgIpc) is 2.66. The predicted octanol–water partition coefficient (Wildman–Crippen LogP) is 3.69. The van der Waals surface area contributed by atoms with Gasteiger partial charge in [-0.3, -0.25) is 9.59 Å². The van der Waals surface area contributed by atoms with Crippen LogP contribution in [0.5, 0.6) is 0 Å². The first-order valence-electron chi connectivity index (χ1n) is 9.58. The van der Waals surface area contributed by atoms with Crippen molar-refractivity contribution in [3.05, 3.63) is 70.8 Å². The largest absolute Gasteiger partial charge is 0.352 e. The van der Waals surface area contributed by atoms with Gasteiger partial charge in [-0.1, -0.05) is 57.2 Å². The summed E-state index contributed by atoms with van der Waals surface area (Å²) in [5.41, 5.74) is 4.43. The topological polar surface area (TPSA) is 49.4 Å². The summed E-state index contributed by atoms with van der Waals surface area (Å²) in [5, 5.41) is 2.86. The lowest BCUT2D eigenvalue weighted by Gasteiger charge is -2.29. The summed E-state index contributed by atoms with van der Waals surface area (Å²) in [4.78, 5) is 26.6. The number of fused-ring (bicyclic) bond motifs is 1. The SMILES string of the molecule is CC(C)(C)c1ccc(C(=O)NCCC(=O)N2CCc3ccccc3C2)cc1. The van der Waals surface area contributed by atoms with Gasteiger partial charge in [0, 0.05) is 31.6 Å². The van der Waals surface area contributed by atoms with Gasteiger partial charge in [-0.05, 0) is 40.7 Å². The summed E-state index contributed by atoms with van der Waals surface area (Å²) in [6.45, 7) is 8.21. The van der Waals surface area contributed by atoms with Gasteiger partial charge in [-0.25, -0.2) is 0 Å².